The molecule has 1 aromatic rings. The van der Waals surface area contributed by atoms with Crippen molar-refractivity contribution in [3.8, 4) is 0 Å². The molecule has 0 unspecified atom stereocenters. The van der Waals surface area contributed by atoms with Gasteiger partial charge in [-0.3, -0.25) is 24.7 Å². The summed E-state index contributed by atoms with van der Waals surface area (Å²) < 4.78 is 0. The van der Waals surface area contributed by atoms with E-state index >= 15 is 0 Å². The summed E-state index contributed by atoms with van der Waals surface area (Å²) >= 11 is 0. The minimum Gasteiger partial charge on any atom is -0.320 e. The second kappa shape index (κ2) is 4.32. The summed E-state index contributed by atoms with van der Waals surface area (Å²) in [6, 6.07) is 3.19. The number of imide groups is 1. The smallest absolute Gasteiger partial charge is 0.254 e. The number of amides is 3. The minimum absolute atomic E-state index is 0.0913. The van der Waals surface area contributed by atoms with Crippen molar-refractivity contribution in [3.63, 3.8) is 0 Å². The van der Waals surface area contributed by atoms with Crippen molar-refractivity contribution in [1.29, 1.82) is 0 Å². The fourth-order valence-electron chi connectivity index (χ4n) is 1.64. The number of hydrogen-bond acceptors (Lipinski definition) is 4. The Morgan fingerprint density at radius 3 is 2.59 bits per heavy atom. The van der Waals surface area contributed by atoms with Gasteiger partial charge in [0, 0.05) is 17.5 Å². The van der Waals surface area contributed by atoms with Gasteiger partial charge in [-0.05, 0) is 19.1 Å². The van der Waals surface area contributed by atoms with E-state index in [1.165, 1.54) is 11.1 Å². The number of hydrogen-bond donors (Lipinski definition) is 1. The number of rotatable bonds is 1. The van der Waals surface area contributed by atoms with Crippen molar-refractivity contribution >= 4 is 17.7 Å². The second-order valence-electron chi connectivity index (χ2n) is 3.82. The predicted molar refractivity (Wildman–Crippen MR) is 58.0 cm³/mol. The van der Waals surface area contributed by atoms with E-state index in [0.717, 1.165) is 0 Å². The molecule has 1 aliphatic rings. The number of carbonyl (C=O) groups is 3. The molecule has 2 rings (SSSR count). The van der Waals surface area contributed by atoms with Crippen molar-refractivity contribution < 1.29 is 14.4 Å². The van der Waals surface area contributed by atoms with Gasteiger partial charge >= 0.3 is 0 Å². The zero-order valence-electron chi connectivity index (χ0n) is 9.27. The van der Waals surface area contributed by atoms with Crippen LogP contribution in [0.1, 0.15) is 16.1 Å². The molecule has 1 fully saturated rings. The summed E-state index contributed by atoms with van der Waals surface area (Å²) in [4.78, 5) is 39.5. The first-order valence-corrected chi connectivity index (χ1v) is 5.11. The van der Waals surface area contributed by atoms with Crippen molar-refractivity contribution in [2.24, 2.45) is 0 Å². The van der Waals surface area contributed by atoms with Gasteiger partial charge in [-0.1, -0.05) is 0 Å². The molecule has 0 aliphatic carbocycles. The highest BCUT2D eigenvalue weighted by molar-refractivity contribution is 6.05. The van der Waals surface area contributed by atoms with Gasteiger partial charge in [0.2, 0.25) is 11.8 Å². The Morgan fingerprint density at radius 1 is 1.35 bits per heavy atom. The maximum atomic E-state index is 12.0. The zero-order valence-corrected chi connectivity index (χ0v) is 9.27. The lowest BCUT2D eigenvalue weighted by Gasteiger charge is -2.25. The lowest BCUT2D eigenvalue weighted by Crippen LogP contribution is -2.53. The van der Waals surface area contributed by atoms with E-state index in [1.54, 1.807) is 19.1 Å². The average Bonchev–Trinajstić information content (AvgIpc) is 2.26. The first-order chi connectivity index (χ1) is 8.06. The highest BCUT2D eigenvalue weighted by Crippen LogP contribution is 2.07. The molecule has 1 N–H and O–H groups in total. The molecule has 3 amide bonds. The molecule has 0 atom stereocenters. The largest absolute Gasteiger partial charge is 0.320 e. The fourth-order valence-corrected chi connectivity index (χ4v) is 1.64. The lowest BCUT2D eigenvalue weighted by molar-refractivity contribution is -0.135. The van der Waals surface area contributed by atoms with Crippen LogP contribution in [0.4, 0.5) is 0 Å². The molecular formula is C11H11N3O3. The molecular weight excluding hydrogens is 222 g/mol. The molecule has 1 saturated heterocycles. The third-order valence-electron chi connectivity index (χ3n) is 2.38. The van der Waals surface area contributed by atoms with Crippen LogP contribution in [0.15, 0.2) is 18.3 Å². The summed E-state index contributed by atoms with van der Waals surface area (Å²) in [5.41, 5.74) is 1.14. The van der Waals surface area contributed by atoms with Gasteiger partial charge in [0.1, 0.15) is 13.1 Å². The SMILES string of the molecule is Cc1cc(C(=O)N2CC(=O)NC(=O)C2)ccn1. The number of aryl methyl sites for hydroxylation is 1. The maximum absolute atomic E-state index is 12.0. The van der Waals surface area contributed by atoms with Crippen molar-refractivity contribution in [2.75, 3.05) is 13.1 Å². The molecule has 6 nitrogen and oxygen atoms in total. The third kappa shape index (κ3) is 2.47. The first kappa shape index (κ1) is 11.3. The summed E-state index contributed by atoms with van der Waals surface area (Å²) in [5.74, 6) is -1.25. The molecule has 6 heteroatoms. The van der Waals surface area contributed by atoms with E-state index in [2.05, 4.69) is 10.3 Å². The molecule has 88 valence electrons. The van der Waals surface area contributed by atoms with Crippen LogP contribution in [0.3, 0.4) is 0 Å². The number of pyridine rings is 1. The van der Waals surface area contributed by atoms with Gasteiger partial charge < -0.3 is 4.90 Å². The summed E-state index contributed by atoms with van der Waals surface area (Å²) in [5, 5.41) is 2.14. The Labute approximate surface area is 97.6 Å². The van der Waals surface area contributed by atoms with Gasteiger partial charge in [-0.15, -0.1) is 0 Å². The van der Waals surface area contributed by atoms with Gasteiger partial charge in [0.05, 0.1) is 0 Å². The zero-order chi connectivity index (χ0) is 12.4. The molecule has 0 bridgehead atoms. The molecule has 1 aromatic heterocycles. The van der Waals surface area contributed by atoms with E-state index in [9.17, 15) is 14.4 Å². The average molecular weight is 233 g/mol. The number of aromatic nitrogens is 1. The van der Waals surface area contributed by atoms with E-state index < -0.39 is 11.8 Å². The quantitative estimate of drug-likeness (QED) is 0.662. The van der Waals surface area contributed by atoms with Gasteiger partial charge in [-0.2, -0.15) is 0 Å². The number of piperazine rings is 1. The van der Waals surface area contributed by atoms with Crippen LogP contribution in [-0.2, 0) is 9.59 Å². The lowest BCUT2D eigenvalue weighted by atomic mass is 10.2. The number of nitrogens with one attached hydrogen (secondary N) is 1. The Balaban J connectivity index is 2.20. The summed E-state index contributed by atoms with van der Waals surface area (Å²) in [7, 11) is 0. The Morgan fingerprint density at radius 2 is 2.00 bits per heavy atom. The Hall–Kier alpha value is -2.24. The second-order valence-corrected chi connectivity index (χ2v) is 3.82. The van der Waals surface area contributed by atoms with Crippen LogP contribution in [0.25, 0.3) is 0 Å². The molecule has 0 aromatic carbocycles. The summed E-state index contributed by atoms with van der Waals surface area (Å²) in [6.45, 7) is 1.59. The Bertz CT molecular complexity index is 482. The maximum Gasteiger partial charge on any atom is 0.254 e. The van der Waals surface area contributed by atoms with E-state index in [0.29, 0.717) is 11.3 Å². The Kier molecular flexibility index (Phi) is 2.86. The first-order valence-electron chi connectivity index (χ1n) is 5.11. The van der Waals surface area contributed by atoms with Crippen LogP contribution in [-0.4, -0.2) is 40.7 Å². The van der Waals surface area contributed by atoms with Crippen LogP contribution in [0, 0.1) is 6.92 Å². The normalized spacial score (nSPS) is 15.7. The standard InChI is InChI=1S/C11H11N3O3/c1-7-4-8(2-3-12-7)11(17)14-5-9(15)13-10(16)6-14/h2-4H,5-6H2,1H3,(H,13,15,16). The monoisotopic (exact) mass is 233 g/mol. The topological polar surface area (TPSA) is 79.4 Å². The fraction of sp³-hybridized carbons (Fsp3) is 0.273. The van der Waals surface area contributed by atoms with Crippen molar-refractivity contribution in [2.45, 2.75) is 6.92 Å². The van der Waals surface area contributed by atoms with E-state index in [1.807, 2.05) is 0 Å². The number of carbonyl (C=O) groups excluding carboxylic acids is 3. The van der Waals surface area contributed by atoms with Crippen LogP contribution in [0.2, 0.25) is 0 Å². The van der Waals surface area contributed by atoms with Crippen molar-refractivity contribution in [3.05, 3.63) is 29.6 Å². The van der Waals surface area contributed by atoms with E-state index in [4.69, 9.17) is 0 Å². The minimum atomic E-state index is -0.458. The third-order valence-corrected chi connectivity index (χ3v) is 2.38. The van der Waals surface area contributed by atoms with Crippen molar-refractivity contribution in [1.82, 2.24) is 15.2 Å². The number of nitrogens with zero attached hydrogens (tertiary/aromatic N) is 2. The highest BCUT2D eigenvalue weighted by atomic mass is 16.2. The predicted octanol–water partition coefficient (Wildman–Crippen LogP) is -0.511. The molecule has 0 spiro atoms. The molecule has 1 aliphatic heterocycles. The molecule has 17 heavy (non-hydrogen) atoms. The van der Waals surface area contributed by atoms with Crippen LogP contribution >= 0.6 is 0 Å². The van der Waals surface area contributed by atoms with Gasteiger partial charge in [0.25, 0.3) is 5.91 Å². The molecule has 0 saturated carbocycles. The molecule has 2 heterocycles. The van der Waals surface area contributed by atoms with Crippen LogP contribution < -0.4 is 5.32 Å². The summed E-state index contributed by atoms with van der Waals surface area (Å²) in [6.07, 6.45) is 1.52. The van der Waals surface area contributed by atoms with Gasteiger partial charge in [0.15, 0.2) is 0 Å². The van der Waals surface area contributed by atoms with Crippen LogP contribution in [0.5, 0.6) is 0 Å². The highest BCUT2D eigenvalue weighted by Gasteiger charge is 2.26. The van der Waals surface area contributed by atoms with Gasteiger partial charge in [-0.25, -0.2) is 0 Å². The molecule has 0 radical (unpaired) electrons. The van der Waals surface area contributed by atoms with E-state index in [-0.39, 0.29) is 19.0 Å².